The van der Waals surface area contributed by atoms with E-state index >= 15 is 0 Å². The molecular formula is C12H16O3. The Hall–Kier alpha value is -1.09. The van der Waals surface area contributed by atoms with Gasteiger partial charge in [0, 0.05) is 19.6 Å². The van der Waals surface area contributed by atoms with Gasteiger partial charge in [-0.2, -0.15) is 0 Å². The van der Waals surface area contributed by atoms with Gasteiger partial charge < -0.3 is 9.15 Å². The second kappa shape index (κ2) is 4.62. The van der Waals surface area contributed by atoms with Gasteiger partial charge in [0.1, 0.15) is 0 Å². The Morgan fingerprint density at radius 3 is 2.80 bits per heavy atom. The minimum atomic E-state index is 0.129. The summed E-state index contributed by atoms with van der Waals surface area (Å²) in [6, 6.07) is 1.83. The topological polar surface area (TPSA) is 39.4 Å². The summed E-state index contributed by atoms with van der Waals surface area (Å²) in [6.45, 7) is 3.48. The average Bonchev–Trinajstić information content (AvgIpc) is 2.66. The lowest BCUT2D eigenvalue weighted by Gasteiger charge is -2.20. The van der Waals surface area contributed by atoms with Crippen LogP contribution in [0.2, 0.25) is 0 Å². The molecule has 15 heavy (non-hydrogen) atoms. The van der Waals surface area contributed by atoms with E-state index in [0.29, 0.717) is 18.1 Å². The van der Waals surface area contributed by atoms with Crippen LogP contribution >= 0.6 is 0 Å². The maximum Gasteiger partial charge on any atom is 0.198 e. The number of furan rings is 1. The molecule has 82 valence electrons. The zero-order chi connectivity index (χ0) is 10.7. The van der Waals surface area contributed by atoms with Crippen LogP contribution in [0, 0.1) is 12.8 Å². The van der Waals surface area contributed by atoms with Crippen molar-refractivity contribution >= 4 is 5.78 Å². The van der Waals surface area contributed by atoms with Crippen LogP contribution in [0.1, 0.15) is 35.4 Å². The number of ketones is 1. The molecule has 2 rings (SSSR count). The van der Waals surface area contributed by atoms with Crippen molar-refractivity contribution in [1.29, 1.82) is 0 Å². The molecule has 0 bridgehead atoms. The molecule has 0 aromatic carbocycles. The van der Waals surface area contributed by atoms with Gasteiger partial charge in [-0.05, 0) is 37.3 Å². The van der Waals surface area contributed by atoms with Gasteiger partial charge in [0.15, 0.2) is 11.5 Å². The van der Waals surface area contributed by atoms with E-state index in [1.807, 2.05) is 13.0 Å². The molecule has 0 atom stereocenters. The summed E-state index contributed by atoms with van der Waals surface area (Å²) in [4.78, 5) is 11.9. The maximum atomic E-state index is 11.9. The van der Waals surface area contributed by atoms with Crippen molar-refractivity contribution in [3.05, 3.63) is 23.7 Å². The highest BCUT2D eigenvalue weighted by Crippen LogP contribution is 2.22. The second-order valence-corrected chi connectivity index (χ2v) is 4.12. The van der Waals surface area contributed by atoms with Crippen LogP contribution in [0.15, 0.2) is 16.7 Å². The molecule has 0 unspecified atom stereocenters. The molecule has 0 spiro atoms. The smallest absolute Gasteiger partial charge is 0.198 e. The summed E-state index contributed by atoms with van der Waals surface area (Å²) in [7, 11) is 0. The van der Waals surface area contributed by atoms with Crippen molar-refractivity contribution in [3.63, 3.8) is 0 Å². The van der Waals surface area contributed by atoms with Crippen LogP contribution in [-0.4, -0.2) is 19.0 Å². The van der Waals surface area contributed by atoms with E-state index < -0.39 is 0 Å². The van der Waals surface area contributed by atoms with E-state index in [9.17, 15) is 4.79 Å². The molecule has 3 heteroatoms. The van der Waals surface area contributed by atoms with Gasteiger partial charge in [0.25, 0.3) is 0 Å². The first-order valence-corrected chi connectivity index (χ1v) is 5.42. The fourth-order valence-electron chi connectivity index (χ4n) is 1.96. The van der Waals surface area contributed by atoms with Crippen LogP contribution in [0.3, 0.4) is 0 Å². The summed E-state index contributed by atoms with van der Waals surface area (Å²) in [5, 5.41) is 0. The lowest BCUT2D eigenvalue weighted by molar-refractivity contribution is 0.0593. The summed E-state index contributed by atoms with van der Waals surface area (Å²) in [5.74, 6) is 1.13. The van der Waals surface area contributed by atoms with Crippen molar-refractivity contribution in [3.8, 4) is 0 Å². The van der Waals surface area contributed by atoms with Crippen LogP contribution in [0.4, 0.5) is 0 Å². The number of ether oxygens (including phenoxy) is 1. The SMILES string of the molecule is Cc1ccoc1C(=O)CC1CCOCC1. The number of Topliss-reactive ketones (excluding diaryl/α,β-unsaturated/α-hetero) is 1. The molecular weight excluding hydrogens is 192 g/mol. The first-order valence-electron chi connectivity index (χ1n) is 5.42. The van der Waals surface area contributed by atoms with Crippen LogP contribution < -0.4 is 0 Å². The fraction of sp³-hybridized carbons (Fsp3) is 0.583. The molecule has 0 radical (unpaired) electrons. The second-order valence-electron chi connectivity index (χ2n) is 4.12. The number of aryl methyl sites for hydroxylation is 1. The third kappa shape index (κ3) is 2.48. The summed E-state index contributed by atoms with van der Waals surface area (Å²) in [5.41, 5.74) is 0.937. The highest BCUT2D eigenvalue weighted by Gasteiger charge is 2.20. The maximum absolute atomic E-state index is 11.9. The van der Waals surface area contributed by atoms with E-state index in [1.165, 1.54) is 0 Å². The predicted molar refractivity (Wildman–Crippen MR) is 55.9 cm³/mol. The molecule has 1 aromatic heterocycles. The Morgan fingerprint density at radius 2 is 2.20 bits per heavy atom. The van der Waals surface area contributed by atoms with Crippen LogP contribution in [0.5, 0.6) is 0 Å². The van der Waals surface area contributed by atoms with Gasteiger partial charge >= 0.3 is 0 Å². The highest BCUT2D eigenvalue weighted by molar-refractivity contribution is 5.94. The lowest BCUT2D eigenvalue weighted by Crippen LogP contribution is -2.18. The van der Waals surface area contributed by atoms with Crippen molar-refractivity contribution in [1.82, 2.24) is 0 Å². The molecule has 0 aliphatic carbocycles. The minimum absolute atomic E-state index is 0.129. The van der Waals surface area contributed by atoms with Gasteiger partial charge in [0.05, 0.1) is 6.26 Å². The van der Waals surface area contributed by atoms with Gasteiger partial charge in [-0.3, -0.25) is 4.79 Å². The van der Waals surface area contributed by atoms with E-state index in [4.69, 9.17) is 9.15 Å². The molecule has 1 aliphatic heterocycles. The van der Waals surface area contributed by atoms with Gasteiger partial charge in [-0.25, -0.2) is 0 Å². The molecule has 1 aliphatic rings. The number of hydrogen-bond acceptors (Lipinski definition) is 3. The average molecular weight is 208 g/mol. The Labute approximate surface area is 89.4 Å². The van der Waals surface area contributed by atoms with Gasteiger partial charge in [-0.15, -0.1) is 0 Å². The monoisotopic (exact) mass is 208 g/mol. The van der Waals surface area contributed by atoms with Crippen molar-refractivity contribution < 1.29 is 13.9 Å². The molecule has 1 aromatic rings. The van der Waals surface area contributed by atoms with E-state index in [1.54, 1.807) is 6.26 Å². The first kappa shape index (κ1) is 10.4. The van der Waals surface area contributed by atoms with Crippen LogP contribution in [-0.2, 0) is 4.74 Å². The standard InChI is InChI=1S/C12H16O3/c1-9-2-7-15-12(9)11(13)8-10-3-5-14-6-4-10/h2,7,10H,3-6,8H2,1H3. The molecule has 3 nitrogen and oxygen atoms in total. The highest BCUT2D eigenvalue weighted by atomic mass is 16.5. The fourth-order valence-corrected chi connectivity index (χ4v) is 1.96. The lowest BCUT2D eigenvalue weighted by atomic mass is 9.93. The zero-order valence-corrected chi connectivity index (χ0v) is 8.99. The third-order valence-corrected chi connectivity index (χ3v) is 2.93. The van der Waals surface area contributed by atoms with Gasteiger partial charge in [-0.1, -0.05) is 0 Å². The summed E-state index contributed by atoms with van der Waals surface area (Å²) < 4.78 is 10.4. The first-order chi connectivity index (χ1) is 7.27. The number of carbonyl (C=O) groups excluding carboxylic acids is 1. The minimum Gasteiger partial charge on any atom is -0.461 e. The largest absolute Gasteiger partial charge is 0.461 e. The van der Waals surface area contributed by atoms with Crippen molar-refractivity contribution in [2.45, 2.75) is 26.2 Å². The Morgan fingerprint density at radius 1 is 1.47 bits per heavy atom. The number of rotatable bonds is 3. The van der Waals surface area contributed by atoms with Crippen molar-refractivity contribution in [2.75, 3.05) is 13.2 Å². The van der Waals surface area contributed by atoms with E-state index in [2.05, 4.69) is 0 Å². The summed E-state index contributed by atoms with van der Waals surface area (Å²) >= 11 is 0. The van der Waals surface area contributed by atoms with Crippen molar-refractivity contribution in [2.24, 2.45) is 5.92 Å². The number of hydrogen-bond donors (Lipinski definition) is 0. The van der Waals surface area contributed by atoms with Gasteiger partial charge in [0.2, 0.25) is 0 Å². The zero-order valence-electron chi connectivity index (χ0n) is 8.99. The van der Waals surface area contributed by atoms with E-state index in [0.717, 1.165) is 31.6 Å². The normalized spacial score (nSPS) is 17.9. The molecule has 0 amide bonds. The molecule has 1 fully saturated rings. The Kier molecular flexibility index (Phi) is 3.21. The van der Waals surface area contributed by atoms with Crippen LogP contribution in [0.25, 0.3) is 0 Å². The third-order valence-electron chi connectivity index (χ3n) is 2.93. The Balaban J connectivity index is 1.94. The molecule has 0 N–H and O–H groups in total. The summed E-state index contributed by atoms with van der Waals surface area (Å²) in [6.07, 6.45) is 4.15. The molecule has 0 saturated carbocycles. The molecule has 2 heterocycles. The van der Waals surface area contributed by atoms with E-state index in [-0.39, 0.29) is 5.78 Å². The predicted octanol–water partition coefficient (Wildman–Crippen LogP) is 2.59. The Bertz CT molecular complexity index is 334. The molecule has 1 saturated heterocycles. The number of carbonyl (C=O) groups is 1. The quantitative estimate of drug-likeness (QED) is 0.717.